The van der Waals surface area contributed by atoms with Crippen molar-refractivity contribution in [3.8, 4) is 0 Å². The van der Waals surface area contributed by atoms with Crippen molar-refractivity contribution in [3.63, 3.8) is 0 Å². The number of hydrogen-bond donors (Lipinski definition) is 2. The predicted octanol–water partition coefficient (Wildman–Crippen LogP) is 3.81. The van der Waals surface area contributed by atoms with Crippen molar-refractivity contribution in [3.05, 3.63) is 35.4 Å². The lowest BCUT2D eigenvalue weighted by atomic mass is 9.87. The predicted molar refractivity (Wildman–Crippen MR) is 96.7 cm³/mol. The van der Waals surface area contributed by atoms with Gasteiger partial charge in [-0.15, -0.1) is 0 Å². The van der Waals surface area contributed by atoms with E-state index in [0.29, 0.717) is 12.5 Å². The fraction of sp³-hybridized carbons (Fsp3) is 0.600. The van der Waals surface area contributed by atoms with Crippen LogP contribution in [0.1, 0.15) is 62.7 Å². The molecule has 2 N–H and O–H groups in total. The minimum Gasteiger partial charge on any atom is -0.354 e. The first-order valence-electron chi connectivity index (χ1n) is 9.42. The molecule has 1 atom stereocenters. The van der Waals surface area contributed by atoms with E-state index >= 15 is 0 Å². The van der Waals surface area contributed by atoms with Gasteiger partial charge in [-0.05, 0) is 30.4 Å². The molecule has 1 aromatic carbocycles. The molecule has 1 aromatic rings. The second-order valence-electron chi connectivity index (χ2n) is 7.38. The van der Waals surface area contributed by atoms with E-state index in [1.807, 2.05) is 0 Å². The maximum absolute atomic E-state index is 13.8. The Hall–Kier alpha value is -1.98. The number of hydrogen-bond acceptors (Lipinski definition) is 2. The maximum Gasteiger partial charge on any atom is 0.257 e. The quantitative estimate of drug-likeness (QED) is 0.771. The molecular formula is C20H28F2N2O2. The number of carbonyl (C=O) groups is 2. The summed E-state index contributed by atoms with van der Waals surface area (Å²) in [5.41, 5.74) is -0.659. The van der Waals surface area contributed by atoms with Crippen molar-refractivity contribution in [1.82, 2.24) is 10.6 Å². The van der Waals surface area contributed by atoms with Gasteiger partial charge in [-0.1, -0.05) is 52.0 Å². The summed E-state index contributed by atoms with van der Waals surface area (Å²) in [6, 6.07) is 2.39. The standard InChI is InChI=1S/C20H28F2N2O2/c1-13(2)18(20(26)23-12-11-14-7-4-3-5-8-14)24-19(25)17-15(21)9-6-10-16(17)22/h6,9-10,13-14,18H,3-5,7-8,11-12H2,1-2H3,(H,23,26)(H,24,25). The monoisotopic (exact) mass is 366 g/mol. The molecule has 6 heteroatoms. The number of carbonyl (C=O) groups excluding carboxylic acids is 2. The fourth-order valence-corrected chi connectivity index (χ4v) is 3.45. The molecule has 1 saturated carbocycles. The van der Waals surface area contributed by atoms with E-state index in [2.05, 4.69) is 10.6 Å². The number of halogens is 2. The van der Waals surface area contributed by atoms with Crippen LogP contribution in [-0.2, 0) is 4.79 Å². The molecule has 0 aliphatic heterocycles. The first-order chi connectivity index (χ1) is 12.4. The summed E-state index contributed by atoms with van der Waals surface area (Å²) in [4.78, 5) is 24.7. The van der Waals surface area contributed by atoms with E-state index in [1.165, 1.54) is 38.2 Å². The third-order valence-corrected chi connectivity index (χ3v) is 5.00. The molecule has 0 aromatic heterocycles. The van der Waals surface area contributed by atoms with Crippen molar-refractivity contribution >= 4 is 11.8 Å². The number of benzene rings is 1. The second kappa shape index (κ2) is 9.64. The molecule has 4 nitrogen and oxygen atoms in total. The van der Waals surface area contributed by atoms with Crippen LogP contribution in [0.5, 0.6) is 0 Å². The summed E-state index contributed by atoms with van der Waals surface area (Å²) in [5.74, 6) is -2.68. The molecular weight excluding hydrogens is 338 g/mol. The Morgan fingerprint density at radius 2 is 1.73 bits per heavy atom. The molecule has 0 heterocycles. The van der Waals surface area contributed by atoms with Crippen LogP contribution in [-0.4, -0.2) is 24.4 Å². The molecule has 1 unspecified atom stereocenters. The van der Waals surface area contributed by atoms with Crippen LogP contribution in [0, 0.1) is 23.5 Å². The lowest BCUT2D eigenvalue weighted by Crippen LogP contribution is -2.50. The van der Waals surface area contributed by atoms with E-state index < -0.39 is 29.1 Å². The summed E-state index contributed by atoms with van der Waals surface area (Å²) in [7, 11) is 0. The summed E-state index contributed by atoms with van der Waals surface area (Å²) >= 11 is 0. The van der Waals surface area contributed by atoms with E-state index in [-0.39, 0.29) is 11.8 Å². The lowest BCUT2D eigenvalue weighted by molar-refractivity contribution is -0.124. The van der Waals surface area contributed by atoms with E-state index in [4.69, 9.17) is 0 Å². The van der Waals surface area contributed by atoms with Gasteiger partial charge >= 0.3 is 0 Å². The van der Waals surface area contributed by atoms with Crippen molar-refractivity contribution in [2.24, 2.45) is 11.8 Å². The Morgan fingerprint density at radius 3 is 2.31 bits per heavy atom. The molecule has 0 spiro atoms. The molecule has 0 radical (unpaired) electrons. The van der Waals surface area contributed by atoms with Crippen LogP contribution >= 0.6 is 0 Å². The number of nitrogens with one attached hydrogen (secondary N) is 2. The largest absolute Gasteiger partial charge is 0.354 e. The summed E-state index contributed by atoms with van der Waals surface area (Å²) in [6.45, 7) is 4.11. The van der Waals surface area contributed by atoms with Crippen LogP contribution < -0.4 is 10.6 Å². The van der Waals surface area contributed by atoms with Gasteiger partial charge in [-0.25, -0.2) is 8.78 Å². The van der Waals surface area contributed by atoms with Crippen LogP contribution in [0.3, 0.4) is 0 Å². The summed E-state index contributed by atoms with van der Waals surface area (Å²) in [6.07, 6.45) is 7.11. The Morgan fingerprint density at radius 1 is 1.12 bits per heavy atom. The molecule has 1 aliphatic rings. The number of amides is 2. The summed E-state index contributed by atoms with van der Waals surface area (Å²) in [5, 5.41) is 5.33. The van der Waals surface area contributed by atoms with E-state index in [0.717, 1.165) is 18.6 Å². The van der Waals surface area contributed by atoms with Gasteiger partial charge in [0, 0.05) is 6.54 Å². The second-order valence-corrected chi connectivity index (χ2v) is 7.38. The Kier molecular flexibility index (Phi) is 7.54. The van der Waals surface area contributed by atoms with Gasteiger partial charge in [0.25, 0.3) is 5.91 Å². The Labute approximate surface area is 153 Å². The van der Waals surface area contributed by atoms with Crippen molar-refractivity contribution < 1.29 is 18.4 Å². The molecule has 144 valence electrons. The third-order valence-electron chi connectivity index (χ3n) is 5.00. The van der Waals surface area contributed by atoms with Crippen LogP contribution in [0.15, 0.2) is 18.2 Å². The lowest BCUT2D eigenvalue weighted by Gasteiger charge is -2.24. The van der Waals surface area contributed by atoms with Gasteiger partial charge in [0.15, 0.2) is 0 Å². The van der Waals surface area contributed by atoms with Gasteiger partial charge in [0.05, 0.1) is 0 Å². The Balaban J connectivity index is 1.92. The van der Waals surface area contributed by atoms with E-state index in [9.17, 15) is 18.4 Å². The molecule has 0 bridgehead atoms. The zero-order chi connectivity index (χ0) is 19.1. The smallest absolute Gasteiger partial charge is 0.257 e. The maximum atomic E-state index is 13.8. The molecule has 2 amide bonds. The summed E-state index contributed by atoms with van der Waals surface area (Å²) < 4.78 is 27.5. The first kappa shape index (κ1) is 20.3. The third kappa shape index (κ3) is 5.51. The molecule has 2 rings (SSSR count). The minimum absolute atomic E-state index is 0.205. The van der Waals surface area contributed by atoms with Gasteiger partial charge in [-0.3, -0.25) is 9.59 Å². The van der Waals surface area contributed by atoms with Gasteiger partial charge in [-0.2, -0.15) is 0 Å². The molecule has 1 fully saturated rings. The SMILES string of the molecule is CC(C)C(NC(=O)c1c(F)cccc1F)C(=O)NCCC1CCCCC1. The van der Waals surface area contributed by atoms with Crippen LogP contribution in [0.25, 0.3) is 0 Å². The highest BCUT2D eigenvalue weighted by atomic mass is 19.1. The number of rotatable bonds is 7. The highest BCUT2D eigenvalue weighted by Gasteiger charge is 2.27. The van der Waals surface area contributed by atoms with Gasteiger partial charge < -0.3 is 10.6 Å². The fourth-order valence-electron chi connectivity index (χ4n) is 3.45. The molecule has 26 heavy (non-hydrogen) atoms. The highest BCUT2D eigenvalue weighted by molar-refractivity contribution is 5.98. The van der Waals surface area contributed by atoms with Crippen molar-refractivity contribution in [1.29, 1.82) is 0 Å². The highest BCUT2D eigenvalue weighted by Crippen LogP contribution is 2.25. The first-order valence-corrected chi connectivity index (χ1v) is 9.42. The van der Waals surface area contributed by atoms with Crippen molar-refractivity contribution in [2.45, 2.75) is 58.4 Å². The van der Waals surface area contributed by atoms with Crippen LogP contribution in [0.4, 0.5) is 8.78 Å². The molecule has 1 aliphatic carbocycles. The normalized spacial score (nSPS) is 16.3. The van der Waals surface area contributed by atoms with E-state index in [1.54, 1.807) is 13.8 Å². The minimum atomic E-state index is -0.942. The van der Waals surface area contributed by atoms with Gasteiger partial charge in [0.2, 0.25) is 5.91 Å². The zero-order valence-electron chi connectivity index (χ0n) is 15.5. The Bertz CT molecular complexity index is 608. The van der Waals surface area contributed by atoms with Gasteiger partial charge in [0.1, 0.15) is 23.2 Å². The van der Waals surface area contributed by atoms with Crippen molar-refractivity contribution in [2.75, 3.05) is 6.54 Å². The average Bonchev–Trinajstić information content (AvgIpc) is 2.60. The molecule has 0 saturated heterocycles. The van der Waals surface area contributed by atoms with Crippen LogP contribution in [0.2, 0.25) is 0 Å². The average molecular weight is 366 g/mol. The topological polar surface area (TPSA) is 58.2 Å². The zero-order valence-corrected chi connectivity index (χ0v) is 15.5.